The van der Waals surface area contributed by atoms with E-state index in [1.54, 1.807) is 0 Å². The molecule has 0 spiro atoms. The predicted octanol–water partition coefficient (Wildman–Crippen LogP) is 3.19. The monoisotopic (exact) mass is 195 g/mol. The molecule has 0 aliphatic carbocycles. The second kappa shape index (κ2) is 4.61. The molecule has 0 unspecified atom stereocenters. The van der Waals surface area contributed by atoms with Gasteiger partial charge in [-0.05, 0) is 23.8 Å². The second-order valence-corrected chi connectivity index (χ2v) is 3.41. The first-order chi connectivity index (χ1) is 7.40. The summed E-state index contributed by atoms with van der Waals surface area (Å²) in [6, 6.07) is 10.4. The van der Waals surface area contributed by atoms with Gasteiger partial charge in [0.15, 0.2) is 0 Å². The van der Waals surface area contributed by atoms with Crippen LogP contribution in [0.2, 0.25) is 0 Å². The van der Waals surface area contributed by atoms with Crippen LogP contribution in [-0.2, 0) is 6.42 Å². The highest BCUT2D eigenvalue weighted by Crippen LogP contribution is 2.13. The summed E-state index contributed by atoms with van der Waals surface area (Å²) in [6.45, 7) is 2.07. The van der Waals surface area contributed by atoms with Crippen LogP contribution in [0.5, 0.6) is 0 Å². The van der Waals surface area contributed by atoms with E-state index in [2.05, 4.69) is 48.0 Å². The summed E-state index contributed by atoms with van der Waals surface area (Å²) in [5.74, 6) is 6.22. The van der Waals surface area contributed by atoms with Crippen molar-refractivity contribution in [3.05, 3.63) is 42.1 Å². The number of pyridine rings is 1. The largest absolute Gasteiger partial charge is 0.256 e. The Hall–Kier alpha value is -1.81. The highest BCUT2D eigenvalue weighted by molar-refractivity contribution is 5.78. The fraction of sp³-hybridized carbons (Fsp3) is 0.214. The third-order valence-electron chi connectivity index (χ3n) is 2.26. The second-order valence-electron chi connectivity index (χ2n) is 3.41. The SMILES string of the molecule is CCC#CCc1ccc2ncccc2c1. The zero-order chi connectivity index (χ0) is 10.5. The molecule has 0 fully saturated rings. The van der Waals surface area contributed by atoms with Crippen molar-refractivity contribution in [3.8, 4) is 11.8 Å². The molecule has 0 aliphatic rings. The number of rotatable bonds is 1. The maximum absolute atomic E-state index is 4.28. The smallest absolute Gasteiger partial charge is 0.0702 e. The van der Waals surface area contributed by atoms with Crippen molar-refractivity contribution >= 4 is 10.9 Å². The lowest BCUT2D eigenvalue weighted by Crippen LogP contribution is -1.83. The Morgan fingerprint density at radius 3 is 3.00 bits per heavy atom. The Labute approximate surface area is 90.2 Å². The molecule has 1 aromatic carbocycles. The zero-order valence-corrected chi connectivity index (χ0v) is 8.83. The first-order valence-electron chi connectivity index (χ1n) is 5.19. The number of nitrogens with zero attached hydrogens (tertiary/aromatic N) is 1. The summed E-state index contributed by atoms with van der Waals surface area (Å²) in [5.41, 5.74) is 2.31. The van der Waals surface area contributed by atoms with Gasteiger partial charge in [0.2, 0.25) is 0 Å². The molecular formula is C14H13N. The Balaban J connectivity index is 2.30. The lowest BCUT2D eigenvalue weighted by Gasteiger charge is -1.98. The lowest BCUT2D eigenvalue weighted by molar-refractivity contribution is 1.25. The average molecular weight is 195 g/mol. The van der Waals surface area contributed by atoms with Crippen molar-refractivity contribution in [2.24, 2.45) is 0 Å². The fourth-order valence-corrected chi connectivity index (χ4v) is 1.52. The molecular weight excluding hydrogens is 182 g/mol. The quantitative estimate of drug-likeness (QED) is 0.637. The highest BCUT2D eigenvalue weighted by Gasteiger charge is 1.94. The van der Waals surface area contributed by atoms with Gasteiger partial charge < -0.3 is 0 Å². The number of aromatic nitrogens is 1. The van der Waals surface area contributed by atoms with Gasteiger partial charge in [-0.3, -0.25) is 4.98 Å². The van der Waals surface area contributed by atoms with Gasteiger partial charge in [-0.25, -0.2) is 0 Å². The number of fused-ring (bicyclic) bond motifs is 1. The molecule has 2 aromatic rings. The van der Waals surface area contributed by atoms with Crippen molar-refractivity contribution in [2.45, 2.75) is 19.8 Å². The molecule has 0 saturated carbocycles. The van der Waals surface area contributed by atoms with Crippen molar-refractivity contribution in [2.75, 3.05) is 0 Å². The minimum absolute atomic E-state index is 0.832. The van der Waals surface area contributed by atoms with Crippen molar-refractivity contribution in [3.63, 3.8) is 0 Å². The van der Waals surface area contributed by atoms with Crippen LogP contribution in [0.3, 0.4) is 0 Å². The summed E-state index contributed by atoms with van der Waals surface area (Å²) in [6.07, 6.45) is 3.58. The van der Waals surface area contributed by atoms with Gasteiger partial charge in [0.25, 0.3) is 0 Å². The van der Waals surface area contributed by atoms with Crippen LogP contribution in [0, 0.1) is 11.8 Å². The summed E-state index contributed by atoms with van der Waals surface area (Å²) >= 11 is 0. The van der Waals surface area contributed by atoms with Crippen LogP contribution >= 0.6 is 0 Å². The normalized spacial score (nSPS) is 9.67. The van der Waals surface area contributed by atoms with E-state index in [1.807, 2.05) is 12.3 Å². The fourth-order valence-electron chi connectivity index (χ4n) is 1.52. The average Bonchev–Trinajstić information content (AvgIpc) is 2.29. The Morgan fingerprint density at radius 2 is 2.13 bits per heavy atom. The predicted molar refractivity (Wildman–Crippen MR) is 63.5 cm³/mol. The molecule has 0 amide bonds. The first kappa shape index (κ1) is 9.73. The molecule has 2 rings (SSSR count). The van der Waals surface area contributed by atoms with E-state index in [1.165, 1.54) is 10.9 Å². The van der Waals surface area contributed by atoms with E-state index in [0.29, 0.717) is 0 Å². The molecule has 15 heavy (non-hydrogen) atoms. The molecule has 0 aliphatic heterocycles. The molecule has 0 radical (unpaired) electrons. The number of hydrogen-bond donors (Lipinski definition) is 0. The van der Waals surface area contributed by atoms with Gasteiger partial charge in [0, 0.05) is 24.4 Å². The molecule has 1 heterocycles. The molecule has 1 nitrogen and oxygen atoms in total. The molecule has 74 valence electrons. The molecule has 0 atom stereocenters. The van der Waals surface area contributed by atoms with E-state index in [4.69, 9.17) is 0 Å². The third kappa shape index (κ3) is 2.35. The molecule has 1 heteroatoms. The first-order valence-corrected chi connectivity index (χ1v) is 5.19. The van der Waals surface area contributed by atoms with Crippen LogP contribution in [0.15, 0.2) is 36.5 Å². The van der Waals surface area contributed by atoms with Crippen molar-refractivity contribution in [1.29, 1.82) is 0 Å². The van der Waals surface area contributed by atoms with Gasteiger partial charge in [0.1, 0.15) is 0 Å². The Morgan fingerprint density at radius 1 is 1.20 bits per heavy atom. The highest BCUT2D eigenvalue weighted by atomic mass is 14.6. The summed E-state index contributed by atoms with van der Waals surface area (Å²) in [7, 11) is 0. The van der Waals surface area contributed by atoms with E-state index < -0.39 is 0 Å². The van der Waals surface area contributed by atoms with Gasteiger partial charge in [-0.1, -0.05) is 25.0 Å². The van der Waals surface area contributed by atoms with Crippen LogP contribution in [0.1, 0.15) is 18.9 Å². The number of hydrogen-bond acceptors (Lipinski definition) is 1. The van der Waals surface area contributed by atoms with Crippen LogP contribution in [-0.4, -0.2) is 4.98 Å². The van der Waals surface area contributed by atoms with E-state index in [0.717, 1.165) is 18.4 Å². The van der Waals surface area contributed by atoms with Gasteiger partial charge in [-0.15, -0.1) is 5.92 Å². The van der Waals surface area contributed by atoms with Crippen molar-refractivity contribution < 1.29 is 0 Å². The van der Waals surface area contributed by atoms with Gasteiger partial charge in [-0.2, -0.15) is 0 Å². The zero-order valence-electron chi connectivity index (χ0n) is 8.83. The van der Waals surface area contributed by atoms with Gasteiger partial charge in [0.05, 0.1) is 5.52 Å². The minimum Gasteiger partial charge on any atom is -0.256 e. The maximum Gasteiger partial charge on any atom is 0.0702 e. The van der Waals surface area contributed by atoms with Crippen LogP contribution < -0.4 is 0 Å². The molecule has 0 bridgehead atoms. The summed E-state index contributed by atoms with van der Waals surface area (Å²) < 4.78 is 0. The Kier molecular flexibility index (Phi) is 2.99. The van der Waals surface area contributed by atoms with Crippen molar-refractivity contribution in [1.82, 2.24) is 4.98 Å². The third-order valence-corrected chi connectivity index (χ3v) is 2.26. The van der Waals surface area contributed by atoms with E-state index in [9.17, 15) is 0 Å². The Bertz CT molecular complexity index is 517. The summed E-state index contributed by atoms with van der Waals surface area (Å²) in [5, 5.41) is 1.19. The number of benzene rings is 1. The topological polar surface area (TPSA) is 12.9 Å². The minimum atomic E-state index is 0.832. The van der Waals surface area contributed by atoms with Crippen LogP contribution in [0.25, 0.3) is 10.9 Å². The summed E-state index contributed by atoms with van der Waals surface area (Å²) in [4.78, 5) is 4.28. The molecule has 1 aromatic heterocycles. The van der Waals surface area contributed by atoms with Crippen LogP contribution in [0.4, 0.5) is 0 Å². The molecule has 0 N–H and O–H groups in total. The molecule has 0 saturated heterocycles. The standard InChI is InChI=1S/C14H13N/c1-2-3-4-6-12-8-9-14-13(11-12)7-5-10-15-14/h5,7-11H,2,6H2,1H3. The van der Waals surface area contributed by atoms with E-state index in [-0.39, 0.29) is 0 Å². The van der Waals surface area contributed by atoms with Gasteiger partial charge >= 0.3 is 0 Å². The maximum atomic E-state index is 4.28. The van der Waals surface area contributed by atoms with E-state index >= 15 is 0 Å². The lowest BCUT2D eigenvalue weighted by atomic mass is 10.1.